The third-order valence-corrected chi connectivity index (χ3v) is 2.52. The smallest absolute Gasteiger partial charge is 0.345 e. The highest BCUT2D eigenvalue weighted by Gasteiger charge is 2.07. The fraction of sp³-hybridized carbons (Fsp3) is 0.333. The highest BCUT2D eigenvalue weighted by Crippen LogP contribution is 2.24. The van der Waals surface area contributed by atoms with Crippen LogP contribution in [0.25, 0.3) is 10.9 Å². The summed E-state index contributed by atoms with van der Waals surface area (Å²) in [6, 6.07) is 5.66. The van der Waals surface area contributed by atoms with E-state index in [1.807, 2.05) is 18.2 Å². The van der Waals surface area contributed by atoms with Gasteiger partial charge in [-0.3, -0.25) is 0 Å². The summed E-state index contributed by atoms with van der Waals surface area (Å²) in [6.07, 6.45) is 1.81. The minimum Gasteiger partial charge on any atom is -0.494 e. The first kappa shape index (κ1) is 10.7. The molecule has 16 heavy (non-hydrogen) atoms. The summed E-state index contributed by atoms with van der Waals surface area (Å²) in [5.74, 6) is 0.640. The van der Waals surface area contributed by atoms with Gasteiger partial charge in [-0.25, -0.2) is 4.79 Å². The quantitative estimate of drug-likeness (QED) is 0.855. The lowest BCUT2D eigenvalue weighted by Gasteiger charge is -2.07. The second kappa shape index (κ2) is 4.35. The van der Waals surface area contributed by atoms with Gasteiger partial charge in [0, 0.05) is 11.1 Å². The first-order chi connectivity index (χ1) is 7.76. The lowest BCUT2D eigenvalue weighted by molar-refractivity contribution is 0.418. The summed E-state index contributed by atoms with van der Waals surface area (Å²) in [5, 5.41) is 0.959. The fourth-order valence-corrected chi connectivity index (χ4v) is 1.82. The molecule has 0 aliphatic carbocycles. The second-order valence-corrected chi connectivity index (χ2v) is 3.63. The molecule has 2 aromatic rings. The van der Waals surface area contributed by atoms with Crippen molar-refractivity contribution in [1.82, 2.24) is 9.97 Å². The summed E-state index contributed by atoms with van der Waals surface area (Å²) in [4.78, 5) is 18.2. The van der Waals surface area contributed by atoms with Crippen molar-refractivity contribution in [2.75, 3.05) is 7.11 Å². The Hall–Kier alpha value is -1.84. The minimum absolute atomic E-state index is 0.319. The zero-order valence-electron chi connectivity index (χ0n) is 9.41. The van der Waals surface area contributed by atoms with Crippen LogP contribution < -0.4 is 10.4 Å². The standard InChI is InChI=1S/C12H14N2O2/c1-3-5-9-8-6-4-7-10(16-2)11(8)14-12(15)13-9/h4,6-7H,3,5H2,1-2H3,(H,13,14,15). The van der Waals surface area contributed by atoms with Crippen LogP contribution >= 0.6 is 0 Å². The average Bonchev–Trinajstić information content (AvgIpc) is 2.28. The molecule has 0 fully saturated rings. The Morgan fingerprint density at radius 2 is 2.25 bits per heavy atom. The molecule has 0 amide bonds. The van der Waals surface area contributed by atoms with Crippen molar-refractivity contribution in [2.24, 2.45) is 0 Å². The van der Waals surface area contributed by atoms with Gasteiger partial charge in [0.1, 0.15) is 11.3 Å². The van der Waals surface area contributed by atoms with Crippen LogP contribution in [0.1, 0.15) is 19.0 Å². The number of nitrogens with zero attached hydrogens (tertiary/aromatic N) is 1. The van der Waals surface area contributed by atoms with Crippen molar-refractivity contribution in [1.29, 1.82) is 0 Å². The first-order valence-corrected chi connectivity index (χ1v) is 5.32. The zero-order valence-corrected chi connectivity index (χ0v) is 9.41. The molecule has 1 heterocycles. The van der Waals surface area contributed by atoms with Crippen LogP contribution in [-0.2, 0) is 6.42 Å². The van der Waals surface area contributed by atoms with E-state index < -0.39 is 0 Å². The number of hydrogen-bond acceptors (Lipinski definition) is 3. The fourth-order valence-electron chi connectivity index (χ4n) is 1.82. The minimum atomic E-state index is -0.319. The number of aryl methyl sites for hydroxylation is 1. The van der Waals surface area contributed by atoms with Crippen molar-refractivity contribution >= 4 is 10.9 Å². The molecular formula is C12H14N2O2. The van der Waals surface area contributed by atoms with Crippen molar-refractivity contribution in [2.45, 2.75) is 19.8 Å². The average molecular weight is 218 g/mol. The van der Waals surface area contributed by atoms with E-state index in [-0.39, 0.29) is 5.69 Å². The third kappa shape index (κ3) is 1.78. The predicted molar refractivity (Wildman–Crippen MR) is 62.9 cm³/mol. The van der Waals surface area contributed by atoms with Gasteiger partial charge in [-0.15, -0.1) is 0 Å². The maximum Gasteiger partial charge on any atom is 0.345 e. The molecule has 0 bridgehead atoms. The molecule has 0 aliphatic heterocycles. The van der Waals surface area contributed by atoms with Crippen molar-refractivity contribution in [3.05, 3.63) is 34.4 Å². The Labute approximate surface area is 93.3 Å². The van der Waals surface area contributed by atoms with Gasteiger partial charge in [-0.05, 0) is 12.5 Å². The summed E-state index contributed by atoms with van der Waals surface area (Å²) in [6.45, 7) is 2.07. The molecular weight excluding hydrogens is 204 g/mol. The largest absolute Gasteiger partial charge is 0.494 e. The highest BCUT2D eigenvalue weighted by molar-refractivity contribution is 5.86. The molecule has 0 radical (unpaired) electrons. The van der Waals surface area contributed by atoms with Gasteiger partial charge in [0.15, 0.2) is 0 Å². The van der Waals surface area contributed by atoms with Gasteiger partial charge < -0.3 is 9.72 Å². The number of aromatic nitrogens is 2. The number of H-pyrrole nitrogens is 1. The molecule has 4 heteroatoms. The van der Waals surface area contributed by atoms with Gasteiger partial charge in [0.2, 0.25) is 0 Å². The maximum atomic E-state index is 11.4. The van der Waals surface area contributed by atoms with Crippen LogP contribution in [0.5, 0.6) is 5.75 Å². The van der Waals surface area contributed by atoms with E-state index >= 15 is 0 Å². The molecule has 84 valence electrons. The van der Waals surface area contributed by atoms with Crippen LogP contribution in [-0.4, -0.2) is 17.1 Å². The van der Waals surface area contributed by atoms with E-state index in [0.29, 0.717) is 11.3 Å². The lowest BCUT2D eigenvalue weighted by Crippen LogP contribution is -2.13. The van der Waals surface area contributed by atoms with Crippen LogP contribution in [0.15, 0.2) is 23.0 Å². The van der Waals surface area contributed by atoms with Gasteiger partial charge in [-0.1, -0.05) is 25.5 Å². The van der Waals surface area contributed by atoms with Gasteiger partial charge in [0.05, 0.1) is 7.11 Å². The van der Waals surface area contributed by atoms with Crippen molar-refractivity contribution in [3.8, 4) is 5.75 Å². The molecule has 0 aliphatic rings. The van der Waals surface area contributed by atoms with E-state index in [2.05, 4.69) is 16.9 Å². The van der Waals surface area contributed by atoms with E-state index in [4.69, 9.17) is 4.74 Å². The van der Waals surface area contributed by atoms with Crippen LogP contribution in [0.4, 0.5) is 0 Å². The molecule has 0 unspecified atom stereocenters. The molecule has 1 aromatic carbocycles. The molecule has 4 nitrogen and oxygen atoms in total. The number of para-hydroxylation sites is 1. The molecule has 2 rings (SSSR count). The highest BCUT2D eigenvalue weighted by atomic mass is 16.5. The number of aromatic amines is 1. The Bertz CT molecular complexity index is 560. The number of ether oxygens (including phenoxy) is 1. The van der Waals surface area contributed by atoms with E-state index in [1.165, 1.54) is 0 Å². The van der Waals surface area contributed by atoms with Crippen LogP contribution in [0, 0.1) is 0 Å². The Morgan fingerprint density at radius 1 is 1.44 bits per heavy atom. The van der Waals surface area contributed by atoms with Crippen LogP contribution in [0.3, 0.4) is 0 Å². The SMILES string of the molecule is CCCc1[nH]c(=O)nc2c(OC)cccc12. The topological polar surface area (TPSA) is 55.0 Å². The molecule has 0 atom stereocenters. The van der Waals surface area contributed by atoms with Gasteiger partial charge in [0.25, 0.3) is 0 Å². The lowest BCUT2D eigenvalue weighted by atomic mass is 10.1. The number of methoxy groups -OCH3 is 1. The van der Waals surface area contributed by atoms with Gasteiger partial charge >= 0.3 is 5.69 Å². The molecule has 0 saturated carbocycles. The number of benzene rings is 1. The number of nitrogens with one attached hydrogen (secondary N) is 1. The molecule has 0 saturated heterocycles. The van der Waals surface area contributed by atoms with E-state index in [1.54, 1.807) is 7.11 Å². The number of rotatable bonds is 3. The summed E-state index contributed by atoms with van der Waals surface area (Å²) < 4.78 is 5.20. The molecule has 1 N–H and O–H groups in total. The number of fused-ring (bicyclic) bond motifs is 1. The zero-order chi connectivity index (χ0) is 11.5. The normalized spacial score (nSPS) is 10.6. The van der Waals surface area contributed by atoms with Crippen LogP contribution in [0.2, 0.25) is 0 Å². The first-order valence-electron chi connectivity index (χ1n) is 5.32. The number of hydrogen-bond donors (Lipinski definition) is 1. The predicted octanol–water partition coefficient (Wildman–Crippen LogP) is 1.88. The van der Waals surface area contributed by atoms with E-state index in [0.717, 1.165) is 23.9 Å². The molecule has 1 aromatic heterocycles. The van der Waals surface area contributed by atoms with Gasteiger partial charge in [-0.2, -0.15) is 4.98 Å². The third-order valence-electron chi connectivity index (χ3n) is 2.52. The summed E-state index contributed by atoms with van der Waals surface area (Å²) in [5.41, 5.74) is 1.24. The van der Waals surface area contributed by atoms with Crippen molar-refractivity contribution < 1.29 is 4.74 Å². The van der Waals surface area contributed by atoms with Crippen molar-refractivity contribution in [3.63, 3.8) is 0 Å². The Balaban J connectivity index is 2.77. The summed E-state index contributed by atoms with van der Waals surface area (Å²) >= 11 is 0. The van der Waals surface area contributed by atoms with E-state index in [9.17, 15) is 4.79 Å². The summed E-state index contributed by atoms with van der Waals surface area (Å²) in [7, 11) is 1.58. The second-order valence-electron chi connectivity index (χ2n) is 3.63. The Kier molecular flexibility index (Phi) is 2.90. The monoisotopic (exact) mass is 218 g/mol. The Morgan fingerprint density at radius 3 is 2.94 bits per heavy atom. The maximum absolute atomic E-state index is 11.4. The molecule has 0 spiro atoms.